The molecule has 0 aliphatic carbocycles. The number of aromatic nitrogens is 2. The lowest BCUT2D eigenvalue weighted by Crippen LogP contribution is -1.96. The largest absolute Gasteiger partial charge is 0.497 e. The van der Waals surface area contributed by atoms with Gasteiger partial charge in [0.25, 0.3) is 5.22 Å². The van der Waals surface area contributed by atoms with Gasteiger partial charge in [-0.05, 0) is 48.2 Å². The molecule has 0 saturated heterocycles. The minimum Gasteiger partial charge on any atom is -0.497 e. The molecular formula is C23H17ClN2O6S. The van der Waals surface area contributed by atoms with Crippen LogP contribution in [0.1, 0.15) is 5.76 Å². The average molecular weight is 485 g/mol. The molecule has 33 heavy (non-hydrogen) atoms. The Bertz CT molecular complexity index is 1310. The maximum absolute atomic E-state index is 11.8. The van der Waals surface area contributed by atoms with Crippen LogP contribution in [0.3, 0.4) is 0 Å². The summed E-state index contributed by atoms with van der Waals surface area (Å²) in [6, 6.07) is 15.7. The highest BCUT2D eigenvalue weighted by molar-refractivity contribution is 8.03. The third-order valence-corrected chi connectivity index (χ3v) is 5.51. The molecule has 0 fully saturated rings. The Morgan fingerprint density at radius 3 is 2.42 bits per heavy atom. The molecule has 2 heterocycles. The second kappa shape index (κ2) is 9.85. The summed E-state index contributed by atoms with van der Waals surface area (Å²) in [7, 11) is 3.06. The van der Waals surface area contributed by atoms with Crippen LogP contribution in [0.25, 0.3) is 28.9 Å². The van der Waals surface area contributed by atoms with E-state index < -0.39 is 5.97 Å². The lowest BCUT2D eigenvalue weighted by Gasteiger charge is -2.05. The van der Waals surface area contributed by atoms with Gasteiger partial charge in [0, 0.05) is 28.3 Å². The SMILES string of the molecule is COc1cc(OC)cc(-c2nnc(S/C(=C\c3ccc(-c4cccc(Cl)c4)o3)C(=O)O)o2)c1. The van der Waals surface area contributed by atoms with Gasteiger partial charge in [0.15, 0.2) is 0 Å². The van der Waals surface area contributed by atoms with Crippen molar-refractivity contribution in [2.24, 2.45) is 0 Å². The number of aliphatic carboxylic acids is 1. The Kier molecular flexibility index (Phi) is 6.71. The molecule has 168 valence electrons. The van der Waals surface area contributed by atoms with Crippen LogP contribution in [-0.4, -0.2) is 35.5 Å². The number of rotatable bonds is 8. The number of ether oxygens (including phenoxy) is 2. The highest BCUT2D eigenvalue weighted by atomic mass is 35.5. The van der Waals surface area contributed by atoms with E-state index >= 15 is 0 Å². The van der Waals surface area contributed by atoms with E-state index in [-0.39, 0.29) is 16.0 Å². The molecule has 0 radical (unpaired) electrons. The van der Waals surface area contributed by atoms with E-state index in [0.29, 0.717) is 33.6 Å². The molecule has 0 unspecified atom stereocenters. The molecule has 4 aromatic rings. The zero-order chi connectivity index (χ0) is 23.4. The molecule has 0 saturated carbocycles. The van der Waals surface area contributed by atoms with Gasteiger partial charge in [0.2, 0.25) is 5.89 Å². The van der Waals surface area contributed by atoms with Gasteiger partial charge in [-0.15, -0.1) is 10.2 Å². The number of halogens is 1. The number of hydrogen-bond donors (Lipinski definition) is 1. The number of hydrogen-bond acceptors (Lipinski definition) is 8. The first-order chi connectivity index (χ1) is 15.9. The minimum atomic E-state index is -1.16. The summed E-state index contributed by atoms with van der Waals surface area (Å²) in [5.41, 5.74) is 1.35. The van der Waals surface area contributed by atoms with Crippen molar-refractivity contribution in [1.29, 1.82) is 0 Å². The molecule has 2 aromatic carbocycles. The summed E-state index contributed by atoms with van der Waals surface area (Å²) in [6.45, 7) is 0. The van der Waals surface area contributed by atoms with Crippen LogP contribution in [0.15, 0.2) is 73.6 Å². The van der Waals surface area contributed by atoms with Gasteiger partial charge < -0.3 is 23.4 Å². The predicted molar refractivity (Wildman–Crippen MR) is 123 cm³/mol. The van der Waals surface area contributed by atoms with Crippen molar-refractivity contribution in [2.45, 2.75) is 5.22 Å². The number of carbonyl (C=O) groups is 1. The molecular weight excluding hydrogens is 468 g/mol. The normalized spacial score (nSPS) is 11.4. The molecule has 10 heteroatoms. The summed E-state index contributed by atoms with van der Waals surface area (Å²) in [5.74, 6) is 1.05. The summed E-state index contributed by atoms with van der Waals surface area (Å²) in [4.78, 5) is 11.7. The van der Waals surface area contributed by atoms with Gasteiger partial charge in [-0.3, -0.25) is 0 Å². The zero-order valence-electron chi connectivity index (χ0n) is 17.4. The fraction of sp³-hybridized carbons (Fsp3) is 0.0870. The standard InChI is InChI=1S/C23H17ClN2O6S/c1-29-17-9-14(10-18(11-17)30-2)21-25-26-23(32-21)33-20(22(27)28)12-16-6-7-19(31-16)13-4-3-5-15(24)8-13/h3-12H,1-2H3,(H,27,28)/b20-12-. The Balaban J connectivity index is 1.57. The molecule has 0 aliphatic rings. The third kappa shape index (κ3) is 5.39. The zero-order valence-corrected chi connectivity index (χ0v) is 19.0. The Hall–Kier alpha value is -3.69. The fourth-order valence-electron chi connectivity index (χ4n) is 2.88. The van der Waals surface area contributed by atoms with Gasteiger partial charge in [-0.25, -0.2) is 4.79 Å². The lowest BCUT2D eigenvalue weighted by atomic mass is 10.2. The predicted octanol–water partition coefficient (Wildman–Crippen LogP) is 5.89. The smallest absolute Gasteiger partial charge is 0.342 e. The van der Waals surface area contributed by atoms with Crippen LogP contribution in [-0.2, 0) is 4.79 Å². The Labute approximate surface area is 197 Å². The maximum Gasteiger partial charge on any atom is 0.342 e. The number of carboxylic acids is 1. The second-order valence-corrected chi connectivity index (χ2v) is 8.03. The molecule has 0 bridgehead atoms. The number of benzene rings is 2. The van der Waals surface area contributed by atoms with Crippen LogP contribution >= 0.6 is 23.4 Å². The van der Waals surface area contributed by atoms with Crippen molar-refractivity contribution < 1.29 is 28.2 Å². The van der Waals surface area contributed by atoms with E-state index in [2.05, 4.69) is 10.2 Å². The van der Waals surface area contributed by atoms with E-state index in [9.17, 15) is 9.90 Å². The van der Waals surface area contributed by atoms with Crippen molar-refractivity contribution in [3.8, 4) is 34.3 Å². The molecule has 0 aliphatic heterocycles. The summed E-state index contributed by atoms with van der Waals surface area (Å²) >= 11 is 6.84. The summed E-state index contributed by atoms with van der Waals surface area (Å²) < 4.78 is 21.9. The molecule has 4 rings (SSSR count). The third-order valence-electron chi connectivity index (χ3n) is 4.42. The molecule has 8 nitrogen and oxygen atoms in total. The minimum absolute atomic E-state index is 0.0552. The Morgan fingerprint density at radius 1 is 1.00 bits per heavy atom. The van der Waals surface area contributed by atoms with E-state index in [1.807, 2.05) is 6.07 Å². The van der Waals surface area contributed by atoms with Gasteiger partial charge >= 0.3 is 5.97 Å². The number of nitrogens with zero attached hydrogens (tertiary/aromatic N) is 2. The van der Waals surface area contributed by atoms with Crippen molar-refractivity contribution >= 4 is 35.4 Å². The molecule has 1 N–H and O–H groups in total. The van der Waals surface area contributed by atoms with Gasteiger partial charge in [-0.2, -0.15) is 0 Å². The van der Waals surface area contributed by atoms with Crippen molar-refractivity contribution in [1.82, 2.24) is 10.2 Å². The average Bonchev–Trinajstić information content (AvgIpc) is 3.48. The van der Waals surface area contributed by atoms with Crippen molar-refractivity contribution in [2.75, 3.05) is 14.2 Å². The molecule has 0 atom stereocenters. The Morgan fingerprint density at radius 2 is 1.76 bits per heavy atom. The molecule has 2 aromatic heterocycles. The second-order valence-electron chi connectivity index (χ2n) is 6.60. The highest BCUT2D eigenvalue weighted by Gasteiger charge is 2.18. The quantitative estimate of drug-likeness (QED) is 0.242. The van der Waals surface area contributed by atoms with E-state index in [4.69, 9.17) is 29.9 Å². The number of carboxylic acid groups (broad SMARTS) is 1. The summed E-state index contributed by atoms with van der Waals surface area (Å²) in [6.07, 6.45) is 1.39. The molecule has 0 amide bonds. The van der Waals surface area contributed by atoms with Gasteiger partial charge in [0.05, 0.1) is 14.2 Å². The van der Waals surface area contributed by atoms with Crippen LogP contribution < -0.4 is 9.47 Å². The molecule has 0 spiro atoms. The van der Waals surface area contributed by atoms with Crippen molar-refractivity contribution in [3.05, 3.63) is 70.3 Å². The van der Waals surface area contributed by atoms with Crippen LogP contribution in [0.4, 0.5) is 0 Å². The van der Waals surface area contributed by atoms with Crippen LogP contribution in [0.2, 0.25) is 5.02 Å². The monoisotopic (exact) mass is 484 g/mol. The maximum atomic E-state index is 11.8. The number of furan rings is 1. The van der Waals surface area contributed by atoms with Gasteiger partial charge in [-0.1, -0.05) is 23.7 Å². The van der Waals surface area contributed by atoms with Crippen LogP contribution in [0.5, 0.6) is 11.5 Å². The van der Waals surface area contributed by atoms with Gasteiger partial charge in [0.1, 0.15) is 27.9 Å². The van der Waals surface area contributed by atoms with Crippen molar-refractivity contribution in [3.63, 3.8) is 0 Å². The highest BCUT2D eigenvalue weighted by Crippen LogP contribution is 2.34. The van der Waals surface area contributed by atoms with E-state index in [0.717, 1.165) is 17.3 Å². The summed E-state index contributed by atoms with van der Waals surface area (Å²) in [5, 5.41) is 18.2. The fourth-order valence-corrected chi connectivity index (χ4v) is 3.73. The number of thioether (sulfide) groups is 1. The van der Waals surface area contributed by atoms with E-state index in [1.54, 1.807) is 48.5 Å². The topological polar surface area (TPSA) is 108 Å². The first-order valence-electron chi connectivity index (χ1n) is 9.50. The van der Waals surface area contributed by atoms with E-state index in [1.165, 1.54) is 20.3 Å². The van der Waals surface area contributed by atoms with Crippen LogP contribution in [0, 0.1) is 0 Å². The first kappa shape index (κ1) is 22.5. The first-order valence-corrected chi connectivity index (χ1v) is 10.7. The number of methoxy groups -OCH3 is 2. The lowest BCUT2D eigenvalue weighted by molar-refractivity contribution is -0.131.